The molecular formula is C32H37F3N6O4. The van der Waals surface area contributed by atoms with Gasteiger partial charge in [0.2, 0.25) is 17.9 Å². The minimum Gasteiger partial charge on any atom is -0.480 e. The van der Waals surface area contributed by atoms with Gasteiger partial charge in [-0.1, -0.05) is 43.3 Å². The molecule has 0 saturated carbocycles. The van der Waals surface area contributed by atoms with Crippen LogP contribution in [0, 0.1) is 5.41 Å². The summed E-state index contributed by atoms with van der Waals surface area (Å²) in [5.74, 6) is -1.17. The molecule has 4 N–H and O–H groups in total. The van der Waals surface area contributed by atoms with Crippen LogP contribution in [0.2, 0.25) is 0 Å². The highest BCUT2D eigenvalue weighted by Crippen LogP contribution is 2.46. The smallest absolute Gasteiger partial charge is 0.429 e. The molecule has 1 amide bonds. The largest absolute Gasteiger partial charge is 0.480 e. The fourth-order valence-electron chi connectivity index (χ4n) is 6.48. The average Bonchev–Trinajstić information content (AvgIpc) is 3.37. The number of anilines is 2. The fraction of sp³-hybridized carbons (Fsp3) is 0.438. The van der Waals surface area contributed by atoms with Gasteiger partial charge in [-0.3, -0.25) is 9.59 Å². The third kappa shape index (κ3) is 6.82. The van der Waals surface area contributed by atoms with Crippen LogP contribution in [-0.2, 0) is 4.79 Å². The summed E-state index contributed by atoms with van der Waals surface area (Å²) in [7, 11) is 3.31. The highest BCUT2D eigenvalue weighted by Gasteiger charge is 2.50. The lowest BCUT2D eigenvalue weighted by Gasteiger charge is -2.43. The molecule has 2 unspecified atom stereocenters. The number of alkyl halides is 3. The molecule has 5 rings (SSSR count). The van der Waals surface area contributed by atoms with Crippen LogP contribution in [0.15, 0.2) is 54.6 Å². The summed E-state index contributed by atoms with van der Waals surface area (Å²) in [5, 5.41) is 12.8. The summed E-state index contributed by atoms with van der Waals surface area (Å²) < 4.78 is 48.3. The number of nitrogens with one attached hydrogen (secondary N) is 1. The molecule has 13 heteroatoms. The van der Waals surface area contributed by atoms with Crippen LogP contribution in [0.4, 0.5) is 24.9 Å². The number of ether oxygens (including phenoxy) is 1. The maximum atomic E-state index is 14.3. The standard InChI is InChI=1S/C32H37F3N6O4/c1-4-24-31(18-23(37-24)29(43)44)13-15-41(16-14-31)25-17-26(39-30(36)38-25)45-27(32(33,34)35)21-9-5-19(6-10-21)20-7-11-22(12-8-20)28(42)40(2)3/h5-12,17,23-24,27,37H,4,13-16,18H2,1-3H3,(H,43,44)(H2,36,38,39)/t23?,24?,27-/m1/s1. The van der Waals surface area contributed by atoms with Crippen LogP contribution >= 0.6 is 0 Å². The Labute approximate surface area is 259 Å². The normalized spacial score (nSPS) is 20.2. The third-order valence-electron chi connectivity index (χ3n) is 8.87. The molecule has 0 aliphatic carbocycles. The Morgan fingerprint density at radius 1 is 1.09 bits per heavy atom. The van der Waals surface area contributed by atoms with Crippen LogP contribution in [0.3, 0.4) is 0 Å². The van der Waals surface area contributed by atoms with Gasteiger partial charge in [0.1, 0.15) is 11.9 Å². The number of aromatic nitrogens is 2. The lowest BCUT2D eigenvalue weighted by Crippen LogP contribution is -2.46. The Kier molecular flexibility index (Phi) is 8.92. The first kappa shape index (κ1) is 32.0. The zero-order chi connectivity index (χ0) is 32.5. The second-order valence-electron chi connectivity index (χ2n) is 11.9. The number of amides is 1. The number of halogens is 3. The van der Waals surface area contributed by atoms with Crippen molar-refractivity contribution in [2.45, 2.75) is 57.0 Å². The number of nitrogens with zero attached hydrogens (tertiary/aromatic N) is 4. The number of nitrogen functional groups attached to an aromatic ring is 1. The maximum Gasteiger partial charge on any atom is 0.429 e. The molecule has 0 radical (unpaired) electrons. The molecule has 1 spiro atoms. The molecule has 45 heavy (non-hydrogen) atoms. The molecule has 1 aromatic heterocycles. The van der Waals surface area contributed by atoms with Crippen molar-refractivity contribution in [1.29, 1.82) is 0 Å². The minimum absolute atomic E-state index is 0.0701. The Morgan fingerprint density at radius 2 is 1.69 bits per heavy atom. The average molecular weight is 627 g/mol. The van der Waals surface area contributed by atoms with E-state index in [1.807, 2.05) is 11.8 Å². The summed E-state index contributed by atoms with van der Waals surface area (Å²) in [6.45, 7) is 3.10. The molecule has 2 aliphatic heterocycles. The fourth-order valence-corrected chi connectivity index (χ4v) is 6.48. The van der Waals surface area contributed by atoms with Gasteiger partial charge < -0.3 is 30.7 Å². The lowest BCUT2D eigenvalue weighted by atomic mass is 9.71. The van der Waals surface area contributed by atoms with Crippen molar-refractivity contribution in [1.82, 2.24) is 20.2 Å². The van der Waals surface area contributed by atoms with Gasteiger partial charge in [0.15, 0.2) is 0 Å². The van der Waals surface area contributed by atoms with Crippen molar-refractivity contribution >= 4 is 23.6 Å². The summed E-state index contributed by atoms with van der Waals surface area (Å²) in [6, 6.07) is 13.5. The van der Waals surface area contributed by atoms with Crippen LogP contribution in [-0.4, -0.2) is 77.3 Å². The van der Waals surface area contributed by atoms with Crippen molar-refractivity contribution in [3.8, 4) is 17.0 Å². The van der Waals surface area contributed by atoms with Gasteiger partial charge in [-0.25, -0.2) is 0 Å². The predicted molar refractivity (Wildman–Crippen MR) is 163 cm³/mol. The third-order valence-corrected chi connectivity index (χ3v) is 8.87. The number of carbonyl (C=O) groups excluding carboxylic acids is 1. The molecule has 0 bridgehead atoms. The lowest BCUT2D eigenvalue weighted by molar-refractivity contribution is -0.198. The van der Waals surface area contributed by atoms with Gasteiger partial charge >= 0.3 is 12.1 Å². The van der Waals surface area contributed by atoms with E-state index in [1.54, 1.807) is 50.5 Å². The Morgan fingerprint density at radius 3 is 2.22 bits per heavy atom. The summed E-state index contributed by atoms with van der Waals surface area (Å²) >= 11 is 0. The number of piperidine rings is 1. The molecule has 2 aromatic carbocycles. The van der Waals surface area contributed by atoms with E-state index in [0.29, 0.717) is 49.3 Å². The number of hydrogen-bond donors (Lipinski definition) is 3. The first-order valence-electron chi connectivity index (χ1n) is 14.8. The summed E-state index contributed by atoms with van der Waals surface area (Å²) in [5.41, 5.74) is 7.56. The Hall–Kier alpha value is -4.39. The first-order valence-corrected chi connectivity index (χ1v) is 14.8. The summed E-state index contributed by atoms with van der Waals surface area (Å²) in [6.07, 6.45) is -4.32. The second kappa shape index (κ2) is 12.5. The number of carboxylic acid groups (broad SMARTS) is 1. The van der Waals surface area contributed by atoms with Gasteiger partial charge in [0, 0.05) is 50.4 Å². The molecular weight excluding hydrogens is 589 g/mol. The maximum absolute atomic E-state index is 14.3. The first-order chi connectivity index (χ1) is 21.3. The van der Waals surface area contributed by atoms with Crippen molar-refractivity contribution < 1.29 is 32.6 Å². The van der Waals surface area contributed by atoms with Crippen LogP contribution < -0.4 is 20.7 Å². The molecule has 3 heterocycles. The number of carbonyl (C=O) groups is 2. The van der Waals surface area contributed by atoms with E-state index >= 15 is 0 Å². The highest BCUT2D eigenvalue weighted by molar-refractivity contribution is 5.94. The van der Waals surface area contributed by atoms with Gasteiger partial charge in [-0.2, -0.15) is 23.1 Å². The van der Waals surface area contributed by atoms with Crippen molar-refractivity contribution in [3.63, 3.8) is 0 Å². The second-order valence-corrected chi connectivity index (χ2v) is 11.9. The monoisotopic (exact) mass is 626 g/mol. The number of benzene rings is 2. The van der Waals surface area contributed by atoms with E-state index < -0.39 is 24.3 Å². The molecule has 2 saturated heterocycles. The number of carboxylic acids is 1. The predicted octanol–water partition coefficient (Wildman–Crippen LogP) is 4.92. The van der Waals surface area contributed by atoms with E-state index in [9.17, 15) is 27.9 Å². The van der Waals surface area contributed by atoms with E-state index in [4.69, 9.17) is 10.5 Å². The SMILES string of the molecule is CCC1NC(C(=O)O)CC12CCN(c1cc(O[C@H](c3ccc(-c4ccc(C(=O)N(C)C)cc4)cc3)C(F)(F)F)nc(N)n1)CC2. The molecule has 240 valence electrons. The molecule has 2 aliphatic rings. The van der Waals surface area contributed by atoms with E-state index in [1.165, 1.54) is 23.1 Å². The molecule has 2 fully saturated rings. The molecule has 10 nitrogen and oxygen atoms in total. The van der Waals surface area contributed by atoms with Crippen molar-refractivity contribution in [2.75, 3.05) is 37.8 Å². The zero-order valence-corrected chi connectivity index (χ0v) is 25.3. The molecule has 3 aromatic rings. The Bertz CT molecular complexity index is 1520. The van der Waals surface area contributed by atoms with Crippen LogP contribution in [0.1, 0.15) is 54.6 Å². The number of rotatable bonds is 8. The number of nitrogens with two attached hydrogens (primary N) is 1. The molecule has 3 atom stereocenters. The number of hydrogen-bond acceptors (Lipinski definition) is 8. The quantitative estimate of drug-likeness (QED) is 0.319. The van der Waals surface area contributed by atoms with Gasteiger partial charge in [-0.05, 0) is 54.4 Å². The topological polar surface area (TPSA) is 134 Å². The number of aliphatic carboxylic acids is 1. The Balaban J connectivity index is 1.31. The van der Waals surface area contributed by atoms with E-state index in [2.05, 4.69) is 15.3 Å². The van der Waals surface area contributed by atoms with Gasteiger partial charge in [-0.15, -0.1) is 0 Å². The van der Waals surface area contributed by atoms with Gasteiger partial charge in [0.25, 0.3) is 5.91 Å². The zero-order valence-electron chi connectivity index (χ0n) is 25.3. The van der Waals surface area contributed by atoms with Crippen LogP contribution in [0.5, 0.6) is 5.88 Å². The minimum atomic E-state index is -4.75. The summed E-state index contributed by atoms with van der Waals surface area (Å²) in [4.78, 5) is 35.4. The van der Waals surface area contributed by atoms with Crippen molar-refractivity contribution in [3.05, 3.63) is 65.7 Å². The van der Waals surface area contributed by atoms with E-state index in [-0.39, 0.29) is 34.8 Å². The van der Waals surface area contributed by atoms with Gasteiger partial charge in [0.05, 0.1) is 0 Å². The van der Waals surface area contributed by atoms with Crippen LogP contribution in [0.25, 0.3) is 11.1 Å². The highest BCUT2D eigenvalue weighted by atomic mass is 19.4. The van der Waals surface area contributed by atoms with E-state index in [0.717, 1.165) is 12.0 Å². The van der Waals surface area contributed by atoms with Crippen molar-refractivity contribution in [2.24, 2.45) is 5.41 Å².